The maximum Gasteiger partial charge on any atom is 0.223 e. The summed E-state index contributed by atoms with van der Waals surface area (Å²) in [6, 6.07) is 9.55. The maximum absolute atomic E-state index is 5.65. The van der Waals surface area contributed by atoms with E-state index in [0.29, 0.717) is 18.2 Å². The van der Waals surface area contributed by atoms with E-state index in [1.165, 1.54) is 0 Å². The summed E-state index contributed by atoms with van der Waals surface area (Å²) in [6.45, 7) is 0.694. The molecule has 4 N–H and O–H groups in total. The molecular formula is C13H17N5O. The predicted octanol–water partition coefficient (Wildman–Crippen LogP) is 1.29. The molecule has 0 saturated heterocycles. The molecule has 100 valence electrons. The highest BCUT2D eigenvalue weighted by Crippen LogP contribution is 2.17. The topological polar surface area (TPSA) is 90.3 Å². The lowest BCUT2D eigenvalue weighted by atomic mass is 10.2. The third kappa shape index (κ3) is 3.25. The zero-order valence-corrected chi connectivity index (χ0v) is 11.0. The second kappa shape index (κ2) is 5.43. The minimum Gasteiger partial charge on any atom is -0.497 e. The molecule has 1 aromatic carbocycles. The van der Waals surface area contributed by atoms with Gasteiger partial charge in [0.1, 0.15) is 17.4 Å². The van der Waals surface area contributed by atoms with Crippen molar-refractivity contribution in [1.29, 1.82) is 0 Å². The van der Waals surface area contributed by atoms with Gasteiger partial charge in [0.05, 0.1) is 7.11 Å². The molecule has 0 atom stereocenters. The van der Waals surface area contributed by atoms with Gasteiger partial charge in [0, 0.05) is 19.7 Å². The van der Waals surface area contributed by atoms with Crippen molar-refractivity contribution >= 4 is 17.6 Å². The van der Waals surface area contributed by atoms with Gasteiger partial charge in [0.15, 0.2) is 0 Å². The van der Waals surface area contributed by atoms with Gasteiger partial charge in [-0.1, -0.05) is 12.1 Å². The Balaban J connectivity index is 2.13. The number of nitrogens with zero attached hydrogens (tertiary/aromatic N) is 3. The summed E-state index contributed by atoms with van der Waals surface area (Å²) in [7, 11) is 3.57. The van der Waals surface area contributed by atoms with Crippen LogP contribution in [0, 0.1) is 0 Å². The summed E-state index contributed by atoms with van der Waals surface area (Å²) >= 11 is 0. The van der Waals surface area contributed by atoms with Gasteiger partial charge in [0.2, 0.25) is 5.95 Å². The molecule has 0 aliphatic carbocycles. The number of nitrogen functional groups attached to an aromatic ring is 2. The van der Waals surface area contributed by atoms with E-state index < -0.39 is 0 Å². The summed E-state index contributed by atoms with van der Waals surface area (Å²) in [5, 5.41) is 0. The summed E-state index contributed by atoms with van der Waals surface area (Å²) in [5.41, 5.74) is 12.4. The Kier molecular flexibility index (Phi) is 3.70. The first kappa shape index (κ1) is 12.9. The lowest BCUT2D eigenvalue weighted by Gasteiger charge is -2.18. The van der Waals surface area contributed by atoms with Crippen molar-refractivity contribution in [3.63, 3.8) is 0 Å². The molecule has 0 spiro atoms. The van der Waals surface area contributed by atoms with E-state index in [1.807, 2.05) is 36.2 Å². The van der Waals surface area contributed by atoms with E-state index in [2.05, 4.69) is 9.97 Å². The molecule has 0 unspecified atom stereocenters. The van der Waals surface area contributed by atoms with Crippen molar-refractivity contribution in [2.75, 3.05) is 30.5 Å². The molecular weight excluding hydrogens is 242 g/mol. The molecule has 2 rings (SSSR count). The number of methoxy groups -OCH3 is 1. The fourth-order valence-electron chi connectivity index (χ4n) is 1.75. The number of hydrogen-bond donors (Lipinski definition) is 2. The molecule has 0 fully saturated rings. The number of aromatic nitrogens is 2. The highest BCUT2D eigenvalue weighted by molar-refractivity contribution is 5.50. The molecule has 0 bridgehead atoms. The highest BCUT2D eigenvalue weighted by atomic mass is 16.5. The molecule has 19 heavy (non-hydrogen) atoms. The monoisotopic (exact) mass is 259 g/mol. The van der Waals surface area contributed by atoms with Crippen LogP contribution in [0.5, 0.6) is 5.75 Å². The number of nitrogens with two attached hydrogens (primary N) is 2. The van der Waals surface area contributed by atoms with Gasteiger partial charge in [-0.25, -0.2) is 0 Å². The molecule has 1 heterocycles. The van der Waals surface area contributed by atoms with Gasteiger partial charge >= 0.3 is 0 Å². The Morgan fingerprint density at radius 3 is 2.42 bits per heavy atom. The lowest BCUT2D eigenvalue weighted by Crippen LogP contribution is -2.18. The van der Waals surface area contributed by atoms with Gasteiger partial charge in [-0.05, 0) is 17.7 Å². The van der Waals surface area contributed by atoms with Crippen molar-refractivity contribution in [2.24, 2.45) is 0 Å². The van der Waals surface area contributed by atoms with Crippen LogP contribution < -0.4 is 21.1 Å². The Labute approximate surface area is 112 Å². The van der Waals surface area contributed by atoms with Gasteiger partial charge in [0.25, 0.3) is 0 Å². The first-order valence-electron chi connectivity index (χ1n) is 5.82. The molecule has 0 saturated carbocycles. The van der Waals surface area contributed by atoms with Crippen LogP contribution in [-0.4, -0.2) is 24.1 Å². The summed E-state index contributed by atoms with van der Waals surface area (Å²) in [5.74, 6) is 2.07. The quantitative estimate of drug-likeness (QED) is 0.859. The zero-order chi connectivity index (χ0) is 13.8. The van der Waals surface area contributed by atoms with Crippen LogP contribution in [0.3, 0.4) is 0 Å². The maximum atomic E-state index is 5.65. The average Bonchev–Trinajstić information content (AvgIpc) is 2.38. The van der Waals surface area contributed by atoms with Crippen molar-refractivity contribution in [1.82, 2.24) is 9.97 Å². The predicted molar refractivity (Wildman–Crippen MR) is 76.0 cm³/mol. The van der Waals surface area contributed by atoms with Crippen LogP contribution in [0.4, 0.5) is 17.6 Å². The van der Waals surface area contributed by atoms with Crippen LogP contribution in [0.1, 0.15) is 5.56 Å². The fourth-order valence-corrected chi connectivity index (χ4v) is 1.75. The van der Waals surface area contributed by atoms with Crippen molar-refractivity contribution in [3.05, 3.63) is 35.9 Å². The summed E-state index contributed by atoms with van der Waals surface area (Å²) in [6.07, 6.45) is 0. The standard InChI is InChI=1S/C13H17N5O/c1-18(12-7-11(14)16-13(15)17-12)8-9-3-5-10(19-2)6-4-9/h3-7H,8H2,1-2H3,(H4,14,15,16,17). The largest absolute Gasteiger partial charge is 0.497 e. The van der Waals surface area contributed by atoms with E-state index in [4.69, 9.17) is 16.2 Å². The second-order valence-electron chi connectivity index (χ2n) is 4.21. The van der Waals surface area contributed by atoms with Crippen molar-refractivity contribution in [3.8, 4) is 5.75 Å². The number of anilines is 3. The third-order valence-corrected chi connectivity index (χ3v) is 2.72. The number of ether oxygens (including phenoxy) is 1. The normalized spacial score (nSPS) is 10.2. The molecule has 6 heteroatoms. The van der Waals surface area contributed by atoms with Crippen LogP contribution in [-0.2, 0) is 6.54 Å². The van der Waals surface area contributed by atoms with Gasteiger partial charge in [-0.15, -0.1) is 0 Å². The number of rotatable bonds is 4. The summed E-state index contributed by atoms with van der Waals surface area (Å²) in [4.78, 5) is 9.95. The Morgan fingerprint density at radius 1 is 1.16 bits per heavy atom. The molecule has 0 aliphatic rings. The average molecular weight is 259 g/mol. The second-order valence-corrected chi connectivity index (χ2v) is 4.21. The van der Waals surface area contributed by atoms with E-state index in [-0.39, 0.29) is 5.95 Å². The fraction of sp³-hybridized carbons (Fsp3) is 0.231. The van der Waals surface area contributed by atoms with E-state index >= 15 is 0 Å². The van der Waals surface area contributed by atoms with Crippen LogP contribution in [0.2, 0.25) is 0 Å². The van der Waals surface area contributed by atoms with Crippen LogP contribution in [0.25, 0.3) is 0 Å². The molecule has 2 aromatic rings. The number of benzene rings is 1. The molecule has 6 nitrogen and oxygen atoms in total. The van der Waals surface area contributed by atoms with Gasteiger partial charge < -0.3 is 21.1 Å². The molecule has 0 aliphatic heterocycles. The smallest absolute Gasteiger partial charge is 0.223 e. The number of hydrogen-bond acceptors (Lipinski definition) is 6. The Morgan fingerprint density at radius 2 is 1.84 bits per heavy atom. The van der Waals surface area contributed by atoms with E-state index in [1.54, 1.807) is 13.2 Å². The van der Waals surface area contributed by atoms with Crippen LogP contribution in [0.15, 0.2) is 30.3 Å². The Hall–Kier alpha value is -2.50. The van der Waals surface area contributed by atoms with E-state index in [0.717, 1.165) is 11.3 Å². The van der Waals surface area contributed by atoms with Gasteiger partial charge in [-0.3, -0.25) is 0 Å². The minimum atomic E-state index is 0.177. The van der Waals surface area contributed by atoms with Crippen LogP contribution >= 0.6 is 0 Å². The molecule has 0 radical (unpaired) electrons. The third-order valence-electron chi connectivity index (χ3n) is 2.72. The van der Waals surface area contributed by atoms with Crippen molar-refractivity contribution in [2.45, 2.75) is 6.54 Å². The van der Waals surface area contributed by atoms with E-state index in [9.17, 15) is 0 Å². The summed E-state index contributed by atoms with van der Waals surface area (Å²) < 4.78 is 5.12. The minimum absolute atomic E-state index is 0.177. The first-order valence-corrected chi connectivity index (χ1v) is 5.82. The molecule has 0 amide bonds. The zero-order valence-electron chi connectivity index (χ0n) is 11.0. The van der Waals surface area contributed by atoms with Gasteiger partial charge in [-0.2, -0.15) is 9.97 Å². The molecule has 1 aromatic heterocycles. The lowest BCUT2D eigenvalue weighted by molar-refractivity contribution is 0.414. The van der Waals surface area contributed by atoms with Crippen molar-refractivity contribution < 1.29 is 4.74 Å². The Bertz CT molecular complexity index is 535. The highest BCUT2D eigenvalue weighted by Gasteiger charge is 2.06. The SMILES string of the molecule is COc1ccc(CN(C)c2cc(N)nc(N)n2)cc1. The first-order chi connectivity index (χ1) is 9.08.